The number of benzene rings is 1. The summed E-state index contributed by atoms with van der Waals surface area (Å²) < 4.78 is 1.58. The second-order valence-corrected chi connectivity index (χ2v) is 9.48. The molecule has 0 radical (unpaired) electrons. The van der Waals surface area contributed by atoms with E-state index >= 15 is 0 Å². The first kappa shape index (κ1) is 30.9. The van der Waals surface area contributed by atoms with Gasteiger partial charge in [0, 0.05) is 48.4 Å². The lowest BCUT2D eigenvalue weighted by atomic mass is 10.00. The Labute approximate surface area is 250 Å². The van der Waals surface area contributed by atoms with E-state index in [1.54, 1.807) is 23.0 Å². The molecule has 0 saturated heterocycles. The van der Waals surface area contributed by atoms with Crippen LogP contribution in [-0.2, 0) is 17.8 Å². The molecule has 4 heterocycles. The number of pyridine rings is 2. The molecule has 12 heteroatoms. The lowest BCUT2D eigenvalue weighted by molar-refractivity contribution is -0.124. The minimum atomic E-state index is -0.581. The van der Waals surface area contributed by atoms with Crippen molar-refractivity contribution in [1.82, 2.24) is 24.8 Å². The Balaban J connectivity index is 0.00000147. The Morgan fingerprint density at radius 1 is 1.05 bits per heavy atom. The molecule has 3 aromatic heterocycles. The van der Waals surface area contributed by atoms with E-state index in [-0.39, 0.29) is 60.4 Å². The number of nitrogens with one attached hydrogen (secondary N) is 2. The van der Waals surface area contributed by atoms with Crippen LogP contribution in [0.4, 0.5) is 11.6 Å². The number of aryl methyl sites for hydroxylation is 2. The van der Waals surface area contributed by atoms with E-state index in [1.165, 1.54) is 11.1 Å². The van der Waals surface area contributed by atoms with Gasteiger partial charge in [-0.1, -0.05) is 36.4 Å². The van der Waals surface area contributed by atoms with Crippen LogP contribution in [-0.4, -0.2) is 32.0 Å². The van der Waals surface area contributed by atoms with Gasteiger partial charge in [0.2, 0.25) is 5.91 Å². The first-order valence-corrected chi connectivity index (χ1v) is 12.4. The molecule has 4 aromatic rings. The van der Waals surface area contributed by atoms with Gasteiger partial charge in [-0.05, 0) is 48.6 Å². The molecule has 2 aliphatic rings. The van der Waals surface area contributed by atoms with E-state index in [0.29, 0.717) is 31.7 Å². The number of anilines is 2. The average molecular weight is 603 g/mol. The summed E-state index contributed by atoms with van der Waals surface area (Å²) in [6.07, 6.45) is 4.67. The Morgan fingerprint density at radius 3 is 2.62 bits per heavy atom. The molecule has 2 atom stereocenters. The van der Waals surface area contributed by atoms with Gasteiger partial charge in [0.05, 0.1) is 5.69 Å². The maximum absolute atomic E-state index is 13.5. The molecule has 40 heavy (non-hydrogen) atoms. The highest BCUT2D eigenvalue weighted by Gasteiger charge is 2.32. The minimum absolute atomic E-state index is 0. The van der Waals surface area contributed by atoms with Crippen LogP contribution in [0.25, 0.3) is 11.1 Å². The highest BCUT2D eigenvalue weighted by Crippen LogP contribution is 2.43. The largest absolute Gasteiger partial charge is 0.384 e. The lowest BCUT2D eigenvalue weighted by Crippen LogP contribution is -2.36. The summed E-state index contributed by atoms with van der Waals surface area (Å²) in [7, 11) is 0. The molecule has 0 spiro atoms. The van der Waals surface area contributed by atoms with E-state index in [1.807, 2.05) is 31.2 Å². The van der Waals surface area contributed by atoms with Crippen molar-refractivity contribution in [2.45, 2.75) is 38.3 Å². The maximum atomic E-state index is 13.5. The fraction of sp³-hybridized carbons (Fsp3) is 0.250. The summed E-state index contributed by atoms with van der Waals surface area (Å²) in [5.74, 6) is 0.486. The number of hydrogen-bond acceptors (Lipinski definition) is 7. The van der Waals surface area contributed by atoms with Gasteiger partial charge < -0.3 is 16.4 Å². The van der Waals surface area contributed by atoms with Crippen LogP contribution in [0.3, 0.4) is 0 Å². The quantitative estimate of drug-likeness (QED) is 0.302. The molecule has 0 saturated carbocycles. The molecule has 4 N–H and O–H groups in total. The number of nitrogens with two attached hydrogens (primary N) is 1. The predicted octanol–water partition coefficient (Wildman–Crippen LogP) is 4.22. The minimum Gasteiger partial charge on any atom is -0.384 e. The second-order valence-electron chi connectivity index (χ2n) is 9.48. The van der Waals surface area contributed by atoms with E-state index in [4.69, 9.17) is 5.73 Å². The number of hydrogen-bond donors (Lipinski definition) is 3. The van der Waals surface area contributed by atoms with Crippen molar-refractivity contribution >= 4 is 54.8 Å². The number of halogens is 3. The zero-order chi connectivity index (χ0) is 25.5. The normalized spacial score (nSPS) is 15.8. The van der Waals surface area contributed by atoms with E-state index in [0.717, 1.165) is 28.2 Å². The highest BCUT2D eigenvalue weighted by atomic mass is 35.5. The molecule has 210 valence electrons. The number of aromatic nitrogens is 4. The summed E-state index contributed by atoms with van der Waals surface area (Å²) in [5, 5.41) is 6.22. The van der Waals surface area contributed by atoms with Crippen molar-refractivity contribution in [3.63, 3.8) is 0 Å². The number of carbonyl (C=O) groups is 1. The zero-order valence-corrected chi connectivity index (χ0v) is 24.1. The van der Waals surface area contributed by atoms with Crippen molar-refractivity contribution < 1.29 is 4.79 Å². The Kier molecular flexibility index (Phi) is 9.78. The zero-order valence-electron chi connectivity index (χ0n) is 21.7. The predicted molar refractivity (Wildman–Crippen MR) is 163 cm³/mol. The van der Waals surface area contributed by atoms with Crippen molar-refractivity contribution in [1.29, 1.82) is 0 Å². The maximum Gasteiger partial charge on any atom is 0.294 e. The Hall–Kier alpha value is -3.66. The smallest absolute Gasteiger partial charge is 0.294 e. The Bertz CT molecular complexity index is 1550. The summed E-state index contributed by atoms with van der Waals surface area (Å²) in [6, 6.07) is 15.3. The van der Waals surface area contributed by atoms with Crippen molar-refractivity contribution in [3.05, 3.63) is 99.5 Å². The molecule has 1 aromatic carbocycles. The fourth-order valence-corrected chi connectivity index (χ4v) is 5.43. The van der Waals surface area contributed by atoms with Crippen molar-refractivity contribution in [2.75, 3.05) is 17.6 Å². The van der Waals surface area contributed by atoms with Crippen molar-refractivity contribution in [2.24, 2.45) is 0 Å². The van der Waals surface area contributed by atoms with Gasteiger partial charge in [0.15, 0.2) is 5.82 Å². The van der Waals surface area contributed by atoms with Gasteiger partial charge in [0.25, 0.3) is 5.56 Å². The standard InChI is InChI=1S/C28H27N7O2.3ClH/c1-16-17(8-11-24(29)34-16)13-33-27(36)23-10-9-18-14-31-26(28(37)35(18)23)32-15-22-20-6-3-2-5-19(20)21-7-4-12-30-25(21)22;;;/h2-8,11-12,14,22-23H,9-10,13,15H2,1H3,(H2,29,34)(H,31,32)(H,33,36);3*1H/t22?,23-;;;/m0.../s1. The van der Waals surface area contributed by atoms with Crippen LogP contribution in [0.1, 0.15) is 46.6 Å². The number of nitrogen functional groups attached to an aromatic ring is 1. The molecule has 1 unspecified atom stereocenters. The molecule has 1 amide bonds. The van der Waals surface area contributed by atoms with Crippen LogP contribution in [0.5, 0.6) is 0 Å². The van der Waals surface area contributed by atoms with Crippen LogP contribution < -0.4 is 21.9 Å². The molecule has 1 aliphatic carbocycles. The SMILES string of the molecule is Cc1nc(N)ccc1CNC(=O)[C@@H]1CCc2cnc(NCC3c4ccccc4-c4cccnc43)c(=O)n21.Cl.Cl.Cl. The fourth-order valence-electron chi connectivity index (χ4n) is 5.43. The third-order valence-electron chi connectivity index (χ3n) is 7.30. The van der Waals surface area contributed by atoms with Gasteiger partial charge >= 0.3 is 0 Å². The molecule has 0 fully saturated rings. The van der Waals surface area contributed by atoms with Crippen molar-refractivity contribution in [3.8, 4) is 11.1 Å². The number of fused-ring (bicyclic) bond motifs is 4. The van der Waals surface area contributed by atoms with Crippen LogP contribution >= 0.6 is 37.2 Å². The Morgan fingerprint density at radius 2 is 1.82 bits per heavy atom. The number of nitrogens with zero attached hydrogens (tertiary/aromatic N) is 4. The highest BCUT2D eigenvalue weighted by molar-refractivity contribution is 5.86. The van der Waals surface area contributed by atoms with Gasteiger partial charge in [-0.3, -0.25) is 19.1 Å². The van der Waals surface area contributed by atoms with Gasteiger partial charge in [-0.25, -0.2) is 9.97 Å². The number of carbonyl (C=O) groups excluding carboxylic acids is 1. The second kappa shape index (κ2) is 12.7. The van der Waals surface area contributed by atoms with Crippen LogP contribution in [0.15, 0.2) is 65.7 Å². The van der Waals surface area contributed by atoms with Gasteiger partial charge in [-0.2, -0.15) is 0 Å². The number of rotatable bonds is 6. The number of amides is 1. The molecule has 9 nitrogen and oxygen atoms in total. The summed E-state index contributed by atoms with van der Waals surface area (Å²) >= 11 is 0. The first-order chi connectivity index (χ1) is 18.0. The summed E-state index contributed by atoms with van der Waals surface area (Å²) in [4.78, 5) is 39.8. The molecular formula is C28H30Cl3N7O2. The molecule has 6 rings (SSSR count). The average Bonchev–Trinajstić information content (AvgIpc) is 3.48. The van der Waals surface area contributed by atoms with Crippen LogP contribution in [0.2, 0.25) is 0 Å². The topological polar surface area (TPSA) is 128 Å². The summed E-state index contributed by atoms with van der Waals surface area (Å²) in [5.41, 5.74) is 12.3. The van der Waals surface area contributed by atoms with Gasteiger partial charge in [0.1, 0.15) is 11.9 Å². The lowest BCUT2D eigenvalue weighted by Gasteiger charge is -2.17. The van der Waals surface area contributed by atoms with E-state index in [2.05, 4.69) is 43.8 Å². The van der Waals surface area contributed by atoms with Crippen LogP contribution in [0, 0.1) is 6.92 Å². The molecule has 0 bridgehead atoms. The van der Waals surface area contributed by atoms with E-state index in [9.17, 15) is 9.59 Å². The third-order valence-corrected chi connectivity index (χ3v) is 7.30. The third kappa shape index (κ3) is 5.50. The monoisotopic (exact) mass is 601 g/mol. The van der Waals surface area contributed by atoms with E-state index < -0.39 is 6.04 Å². The summed E-state index contributed by atoms with van der Waals surface area (Å²) in [6.45, 7) is 2.65. The van der Waals surface area contributed by atoms with Gasteiger partial charge in [-0.15, -0.1) is 37.2 Å². The molecular weight excluding hydrogens is 573 g/mol. The molecule has 1 aliphatic heterocycles. The first-order valence-electron chi connectivity index (χ1n) is 12.4.